The Labute approximate surface area is 94.6 Å². The van der Waals surface area contributed by atoms with Gasteiger partial charge in [0.15, 0.2) is 0 Å². The average molecular weight is 217 g/mol. The first-order valence-electron chi connectivity index (χ1n) is 5.15. The van der Waals surface area contributed by atoms with Crippen LogP contribution in [0.25, 0.3) is 10.4 Å². The summed E-state index contributed by atoms with van der Waals surface area (Å²) in [6, 6.07) is 12.7. The molecule has 1 nitrogen and oxygen atoms in total. The Hall–Kier alpha value is -1.12. The van der Waals surface area contributed by atoms with Crippen LogP contribution in [0.15, 0.2) is 41.8 Å². The minimum Gasteiger partial charge on any atom is -0.330 e. The molecule has 0 aliphatic carbocycles. The molecule has 1 aromatic carbocycles. The monoisotopic (exact) mass is 217 g/mol. The molecule has 2 aromatic rings. The van der Waals surface area contributed by atoms with Crippen molar-refractivity contribution in [1.82, 2.24) is 0 Å². The van der Waals surface area contributed by atoms with Crippen molar-refractivity contribution in [3.63, 3.8) is 0 Å². The lowest BCUT2D eigenvalue weighted by atomic mass is 10.0. The van der Waals surface area contributed by atoms with Gasteiger partial charge in [-0.2, -0.15) is 0 Å². The van der Waals surface area contributed by atoms with Crippen LogP contribution in [0.5, 0.6) is 0 Å². The molecule has 2 N–H and O–H groups in total. The molecule has 0 bridgehead atoms. The number of hydrogen-bond acceptors (Lipinski definition) is 2. The third-order valence-corrected chi connectivity index (χ3v) is 3.60. The first kappa shape index (κ1) is 10.4. The van der Waals surface area contributed by atoms with E-state index < -0.39 is 0 Å². The highest BCUT2D eigenvalue weighted by Gasteiger charge is 2.07. The van der Waals surface area contributed by atoms with Gasteiger partial charge in [0.05, 0.1) is 0 Å². The topological polar surface area (TPSA) is 26.0 Å². The van der Waals surface area contributed by atoms with Crippen molar-refractivity contribution in [2.75, 3.05) is 6.54 Å². The van der Waals surface area contributed by atoms with Gasteiger partial charge in [-0.25, -0.2) is 0 Å². The lowest BCUT2D eigenvalue weighted by Crippen LogP contribution is -2.07. The minimum atomic E-state index is 0.457. The van der Waals surface area contributed by atoms with E-state index in [1.54, 1.807) is 11.3 Å². The van der Waals surface area contributed by atoms with E-state index in [0.717, 1.165) is 0 Å². The van der Waals surface area contributed by atoms with Crippen LogP contribution in [0.3, 0.4) is 0 Å². The molecule has 0 amide bonds. The molecular weight excluding hydrogens is 202 g/mol. The fourth-order valence-electron chi connectivity index (χ4n) is 1.50. The maximum absolute atomic E-state index is 5.66. The van der Waals surface area contributed by atoms with Gasteiger partial charge in [-0.1, -0.05) is 37.3 Å². The second kappa shape index (κ2) is 4.60. The quantitative estimate of drug-likeness (QED) is 0.837. The lowest BCUT2D eigenvalue weighted by molar-refractivity contribution is 0.778. The Bertz CT molecular complexity index is 419. The number of thiophene rings is 1. The van der Waals surface area contributed by atoms with E-state index in [1.165, 1.54) is 16.0 Å². The molecule has 78 valence electrons. The molecule has 0 aliphatic rings. The summed E-state index contributed by atoms with van der Waals surface area (Å²) in [6.45, 7) is 2.88. The summed E-state index contributed by atoms with van der Waals surface area (Å²) in [7, 11) is 0. The Balaban J connectivity index is 2.28. The summed E-state index contributed by atoms with van der Waals surface area (Å²) in [5.74, 6) is 0.457. The second-order valence-electron chi connectivity index (χ2n) is 3.75. The lowest BCUT2D eigenvalue weighted by Gasteiger charge is -2.03. The molecule has 1 atom stereocenters. The van der Waals surface area contributed by atoms with Crippen molar-refractivity contribution in [3.8, 4) is 10.4 Å². The van der Waals surface area contributed by atoms with Gasteiger partial charge in [-0.05, 0) is 35.0 Å². The predicted molar refractivity (Wildman–Crippen MR) is 67.2 cm³/mol. The first-order chi connectivity index (χ1) is 7.31. The molecule has 0 aliphatic heterocycles. The van der Waals surface area contributed by atoms with Gasteiger partial charge < -0.3 is 5.73 Å². The molecule has 1 aromatic heterocycles. The van der Waals surface area contributed by atoms with Gasteiger partial charge in [0.1, 0.15) is 0 Å². The van der Waals surface area contributed by atoms with E-state index in [2.05, 4.69) is 42.6 Å². The summed E-state index contributed by atoms with van der Waals surface area (Å²) in [5, 5.41) is 2.21. The molecule has 1 unspecified atom stereocenters. The van der Waals surface area contributed by atoms with E-state index in [4.69, 9.17) is 5.73 Å². The van der Waals surface area contributed by atoms with Gasteiger partial charge in [-0.3, -0.25) is 0 Å². The molecule has 0 fully saturated rings. The molecule has 1 heterocycles. The highest BCUT2D eigenvalue weighted by molar-refractivity contribution is 7.13. The van der Waals surface area contributed by atoms with E-state index in [0.29, 0.717) is 12.5 Å². The van der Waals surface area contributed by atoms with Gasteiger partial charge >= 0.3 is 0 Å². The molecule has 0 saturated carbocycles. The van der Waals surface area contributed by atoms with Crippen molar-refractivity contribution in [2.24, 2.45) is 5.73 Å². The van der Waals surface area contributed by atoms with Gasteiger partial charge in [0.2, 0.25) is 0 Å². The number of benzene rings is 1. The van der Waals surface area contributed by atoms with E-state index in [-0.39, 0.29) is 0 Å². The third-order valence-electron chi connectivity index (χ3n) is 2.60. The summed E-state index contributed by atoms with van der Waals surface area (Å²) < 4.78 is 0. The zero-order chi connectivity index (χ0) is 10.7. The van der Waals surface area contributed by atoms with E-state index >= 15 is 0 Å². The smallest absolute Gasteiger partial charge is 0.0345 e. The van der Waals surface area contributed by atoms with Crippen molar-refractivity contribution in [1.29, 1.82) is 0 Å². The summed E-state index contributed by atoms with van der Waals surface area (Å²) >= 11 is 1.79. The van der Waals surface area contributed by atoms with Gasteiger partial charge in [0, 0.05) is 4.88 Å². The minimum absolute atomic E-state index is 0.457. The normalized spacial score (nSPS) is 12.7. The number of hydrogen-bond donors (Lipinski definition) is 1. The number of rotatable bonds is 3. The highest BCUT2D eigenvalue weighted by Crippen LogP contribution is 2.29. The Morgan fingerprint density at radius 3 is 2.67 bits per heavy atom. The average Bonchev–Trinajstić information content (AvgIpc) is 2.78. The second-order valence-corrected chi connectivity index (χ2v) is 4.66. The first-order valence-corrected chi connectivity index (χ1v) is 6.03. The molecule has 0 spiro atoms. The van der Waals surface area contributed by atoms with Gasteiger partial charge in [0.25, 0.3) is 0 Å². The van der Waals surface area contributed by atoms with Crippen LogP contribution in [0.1, 0.15) is 18.4 Å². The van der Waals surface area contributed by atoms with Crippen molar-refractivity contribution in [3.05, 3.63) is 47.3 Å². The Morgan fingerprint density at radius 2 is 2.00 bits per heavy atom. The highest BCUT2D eigenvalue weighted by atomic mass is 32.1. The molecule has 0 saturated heterocycles. The summed E-state index contributed by atoms with van der Waals surface area (Å²) in [5.41, 5.74) is 8.29. The largest absolute Gasteiger partial charge is 0.330 e. The standard InChI is InChI=1S/C13H15NS/c1-10(8-14)12-7-13(15-9-12)11-5-3-2-4-6-11/h2-7,9-10H,8,14H2,1H3. The zero-order valence-electron chi connectivity index (χ0n) is 8.81. The van der Waals surface area contributed by atoms with Gasteiger partial charge in [-0.15, -0.1) is 11.3 Å². The van der Waals surface area contributed by atoms with Crippen LogP contribution < -0.4 is 5.73 Å². The van der Waals surface area contributed by atoms with Crippen LogP contribution in [0, 0.1) is 0 Å². The molecule has 2 heteroatoms. The van der Waals surface area contributed by atoms with Crippen LogP contribution in [0.4, 0.5) is 0 Å². The maximum Gasteiger partial charge on any atom is 0.0345 e. The third kappa shape index (κ3) is 2.28. The molecule has 2 rings (SSSR count). The molecular formula is C13H15NS. The summed E-state index contributed by atoms with van der Waals surface area (Å²) in [4.78, 5) is 1.32. The van der Waals surface area contributed by atoms with Crippen LogP contribution in [0.2, 0.25) is 0 Å². The number of nitrogens with two attached hydrogens (primary N) is 1. The van der Waals surface area contributed by atoms with Crippen molar-refractivity contribution in [2.45, 2.75) is 12.8 Å². The fourth-order valence-corrected chi connectivity index (χ4v) is 2.54. The Kier molecular flexibility index (Phi) is 3.19. The molecule has 0 radical (unpaired) electrons. The van der Waals surface area contributed by atoms with E-state index in [9.17, 15) is 0 Å². The molecule has 15 heavy (non-hydrogen) atoms. The maximum atomic E-state index is 5.66. The summed E-state index contributed by atoms with van der Waals surface area (Å²) in [6.07, 6.45) is 0. The van der Waals surface area contributed by atoms with Crippen molar-refractivity contribution >= 4 is 11.3 Å². The van der Waals surface area contributed by atoms with Crippen LogP contribution in [-0.2, 0) is 0 Å². The predicted octanol–water partition coefficient (Wildman–Crippen LogP) is 3.48. The van der Waals surface area contributed by atoms with Crippen LogP contribution >= 0.6 is 11.3 Å². The van der Waals surface area contributed by atoms with Crippen molar-refractivity contribution < 1.29 is 0 Å². The zero-order valence-corrected chi connectivity index (χ0v) is 9.63. The SMILES string of the molecule is CC(CN)c1csc(-c2ccccc2)c1. The Morgan fingerprint density at radius 1 is 1.27 bits per heavy atom. The fraction of sp³-hybridized carbons (Fsp3) is 0.231. The van der Waals surface area contributed by atoms with E-state index in [1.807, 2.05) is 6.07 Å². The van der Waals surface area contributed by atoms with Crippen LogP contribution in [-0.4, -0.2) is 6.54 Å².